The first-order valence-electron chi connectivity index (χ1n) is 6.42. The molecule has 0 radical (unpaired) electrons. The normalized spacial score (nSPS) is 15.4. The summed E-state index contributed by atoms with van der Waals surface area (Å²) >= 11 is 3.16. The third kappa shape index (κ3) is 5.52. The molecule has 0 unspecified atom stereocenters. The predicted molar refractivity (Wildman–Crippen MR) is 87.6 cm³/mol. The van der Waals surface area contributed by atoms with Gasteiger partial charge in [-0.3, -0.25) is 9.69 Å². The van der Waals surface area contributed by atoms with Crippen LogP contribution in [0.15, 0.2) is 24.3 Å². The van der Waals surface area contributed by atoms with Crippen molar-refractivity contribution in [1.82, 2.24) is 4.90 Å². The number of nitrogens with zero attached hydrogens (tertiary/aromatic N) is 1. The molecule has 0 N–H and O–H groups in total. The molecule has 1 saturated heterocycles. The first-order chi connectivity index (χ1) is 9.29. The molecule has 0 spiro atoms. The number of hydrogen-bond donors (Lipinski definition) is 0. The van der Waals surface area contributed by atoms with E-state index in [1.807, 2.05) is 12.1 Å². The van der Waals surface area contributed by atoms with Crippen molar-refractivity contribution in [2.45, 2.75) is 0 Å². The molecule has 0 bridgehead atoms. The number of carbonyl (C=O) groups excluding carboxylic acids is 1. The average Bonchev–Trinajstić information content (AvgIpc) is 2.48. The lowest BCUT2D eigenvalue weighted by Crippen LogP contribution is -2.38. The number of rotatable bonds is 6. The maximum absolute atomic E-state index is 11.4. The van der Waals surface area contributed by atoms with Crippen LogP contribution in [0, 0.1) is 0 Å². The molecule has 0 aliphatic carbocycles. The Labute approximate surface area is 138 Å². The monoisotopic (exact) mass is 407 g/mol. The zero-order valence-electron chi connectivity index (χ0n) is 11.2. The standard InChI is InChI=1S/C14H18BrNO3.BrH/c15-11-14(17)12-1-3-13(4-2-12)19-10-7-16-5-8-18-9-6-16;/h1-4H,5-11H2;1H. The van der Waals surface area contributed by atoms with Crippen LogP contribution in [-0.4, -0.2) is 55.5 Å². The zero-order valence-corrected chi connectivity index (χ0v) is 14.5. The predicted octanol–water partition coefficient (Wildman–Crippen LogP) is 2.55. The van der Waals surface area contributed by atoms with Crippen LogP contribution >= 0.6 is 32.9 Å². The SMILES string of the molecule is Br.O=C(CBr)c1ccc(OCCN2CCOCC2)cc1. The van der Waals surface area contributed by atoms with E-state index in [2.05, 4.69) is 20.8 Å². The topological polar surface area (TPSA) is 38.8 Å². The Morgan fingerprint density at radius 1 is 1.25 bits per heavy atom. The van der Waals surface area contributed by atoms with Crippen LogP contribution in [0.25, 0.3) is 0 Å². The van der Waals surface area contributed by atoms with E-state index in [-0.39, 0.29) is 22.8 Å². The minimum atomic E-state index is 0. The van der Waals surface area contributed by atoms with Gasteiger partial charge in [0, 0.05) is 25.2 Å². The number of hydrogen-bond acceptors (Lipinski definition) is 4. The number of alkyl halides is 1. The molecular formula is C14H19Br2NO3. The molecule has 1 aliphatic rings. The molecule has 0 aromatic heterocycles. The van der Waals surface area contributed by atoms with Gasteiger partial charge in [0.1, 0.15) is 12.4 Å². The van der Waals surface area contributed by atoms with Gasteiger partial charge in [-0.25, -0.2) is 0 Å². The number of ether oxygens (including phenoxy) is 2. The highest BCUT2D eigenvalue weighted by molar-refractivity contribution is 9.09. The fraction of sp³-hybridized carbons (Fsp3) is 0.500. The number of benzene rings is 1. The summed E-state index contributed by atoms with van der Waals surface area (Å²) in [7, 11) is 0. The van der Waals surface area contributed by atoms with E-state index in [9.17, 15) is 4.79 Å². The third-order valence-corrected chi connectivity index (χ3v) is 3.59. The Morgan fingerprint density at radius 2 is 1.90 bits per heavy atom. The highest BCUT2D eigenvalue weighted by atomic mass is 79.9. The summed E-state index contributed by atoms with van der Waals surface area (Å²) in [6.45, 7) is 5.13. The molecule has 1 fully saturated rings. The van der Waals surface area contributed by atoms with Crippen LogP contribution < -0.4 is 4.74 Å². The number of morpholine rings is 1. The molecule has 1 aromatic carbocycles. The van der Waals surface area contributed by atoms with Gasteiger partial charge in [-0.05, 0) is 24.3 Å². The van der Waals surface area contributed by atoms with Gasteiger partial charge in [-0.2, -0.15) is 0 Å². The summed E-state index contributed by atoms with van der Waals surface area (Å²) in [5.41, 5.74) is 0.706. The quantitative estimate of drug-likeness (QED) is 0.535. The van der Waals surface area contributed by atoms with E-state index < -0.39 is 0 Å². The highest BCUT2D eigenvalue weighted by Crippen LogP contribution is 2.13. The van der Waals surface area contributed by atoms with Crippen molar-refractivity contribution in [3.63, 3.8) is 0 Å². The first kappa shape index (κ1) is 17.6. The van der Waals surface area contributed by atoms with Crippen molar-refractivity contribution < 1.29 is 14.3 Å². The van der Waals surface area contributed by atoms with Gasteiger partial charge in [0.15, 0.2) is 5.78 Å². The minimum absolute atomic E-state index is 0. The van der Waals surface area contributed by atoms with Gasteiger partial charge in [0.05, 0.1) is 18.5 Å². The van der Waals surface area contributed by atoms with E-state index in [0.717, 1.165) is 38.6 Å². The summed E-state index contributed by atoms with van der Waals surface area (Å²) in [5.74, 6) is 0.888. The molecule has 2 rings (SSSR count). The van der Waals surface area contributed by atoms with Crippen LogP contribution in [0.4, 0.5) is 0 Å². The van der Waals surface area contributed by atoms with Gasteiger partial charge < -0.3 is 9.47 Å². The van der Waals surface area contributed by atoms with Crippen molar-refractivity contribution in [1.29, 1.82) is 0 Å². The Hall–Kier alpha value is -0.430. The molecule has 1 heterocycles. The van der Waals surface area contributed by atoms with E-state index in [0.29, 0.717) is 17.5 Å². The number of carbonyl (C=O) groups is 1. The van der Waals surface area contributed by atoms with Gasteiger partial charge in [0.25, 0.3) is 0 Å². The fourth-order valence-electron chi connectivity index (χ4n) is 1.93. The molecule has 20 heavy (non-hydrogen) atoms. The molecule has 4 nitrogen and oxygen atoms in total. The third-order valence-electron chi connectivity index (χ3n) is 3.08. The maximum atomic E-state index is 11.4. The van der Waals surface area contributed by atoms with Gasteiger partial charge in [0.2, 0.25) is 0 Å². The van der Waals surface area contributed by atoms with Gasteiger partial charge >= 0.3 is 0 Å². The fourth-order valence-corrected chi connectivity index (χ4v) is 2.26. The van der Waals surface area contributed by atoms with Crippen molar-refractivity contribution >= 4 is 38.7 Å². The molecule has 6 heteroatoms. The lowest BCUT2D eigenvalue weighted by atomic mass is 10.1. The summed E-state index contributed by atoms with van der Waals surface area (Å²) < 4.78 is 11.0. The van der Waals surface area contributed by atoms with E-state index >= 15 is 0 Å². The van der Waals surface area contributed by atoms with Gasteiger partial charge in [-0.15, -0.1) is 17.0 Å². The van der Waals surface area contributed by atoms with Crippen molar-refractivity contribution in [2.75, 3.05) is 44.8 Å². The van der Waals surface area contributed by atoms with E-state index in [1.165, 1.54) is 0 Å². The van der Waals surface area contributed by atoms with Crippen molar-refractivity contribution in [3.05, 3.63) is 29.8 Å². The summed E-state index contributed by atoms with van der Waals surface area (Å²) in [4.78, 5) is 13.8. The van der Waals surface area contributed by atoms with Crippen LogP contribution in [-0.2, 0) is 4.74 Å². The smallest absolute Gasteiger partial charge is 0.173 e. The van der Waals surface area contributed by atoms with Crippen LogP contribution in [0.1, 0.15) is 10.4 Å². The second-order valence-electron chi connectivity index (χ2n) is 4.38. The van der Waals surface area contributed by atoms with Crippen molar-refractivity contribution in [3.8, 4) is 5.75 Å². The highest BCUT2D eigenvalue weighted by Gasteiger charge is 2.09. The Bertz CT molecular complexity index is 405. The lowest BCUT2D eigenvalue weighted by molar-refractivity contribution is 0.0322. The molecule has 0 saturated carbocycles. The van der Waals surface area contributed by atoms with E-state index in [4.69, 9.17) is 9.47 Å². The molecule has 1 aliphatic heterocycles. The minimum Gasteiger partial charge on any atom is -0.492 e. The van der Waals surface area contributed by atoms with Crippen LogP contribution in [0.2, 0.25) is 0 Å². The molecule has 0 amide bonds. The summed E-state index contributed by atoms with van der Waals surface area (Å²) in [6, 6.07) is 7.28. The average molecular weight is 409 g/mol. The number of ketones is 1. The Balaban J connectivity index is 0.00000200. The molecular weight excluding hydrogens is 390 g/mol. The Morgan fingerprint density at radius 3 is 2.50 bits per heavy atom. The second-order valence-corrected chi connectivity index (χ2v) is 4.94. The summed E-state index contributed by atoms with van der Waals surface area (Å²) in [5, 5.41) is 0.351. The van der Waals surface area contributed by atoms with Crippen LogP contribution in [0.3, 0.4) is 0 Å². The zero-order chi connectivity index (χ0) is 13.5. The molecule has 0 atom stereocenters. The van der Waals surface area contributed by atoms with Gasteiger partial charge in [-0.1, -0.05) is 15.9 Å². The Kier molecular flexibility index (Phi) is 8.37. The molecule has 112 valence electrons. The molecule has 1 aromatic rings. The number of Topliss-reactive ketones (excluding diaryl/α,β-unsaturated/α-hetero) is 1. The van der Waals surface area contributed by atoms with E-state index in [1.54, 1.807) is 12.1 Å². The lowest BCUT2D eigenvalue weighted by Gasteiger charge is -2.26. The largest absolute Gasteiger partial charge is 0.492 e. The summed E-state index contributed by atoms with van der Waals surface area (Å²) in [6.07, 6.45) is 0. The first-order valence-corrected chi connectivity index (χ1v) is 7.54. The van der Waals surface area contributed by atoms with Crippen molar-refractivity contribution in [2.24, 2.45) is 0 Å². The maximum Gasteiger partial charge on any atom is 0.173 e. The van der Waals surface area contributed by atoms with Crippen LogP contribution in [0.5, 0.6) is 5.75 Å². The second kappa shape index (κ2) is 9.50. The number of halogens is 2.